The van der Waals surface area contributed by atoms with Crippen LogP contribution in [0.15, 0.2) is 61.1 Å². The lowest BCUT2D eigenvalue weighted by atomic mass is 10.2. The lowest BCUT2D eigenvalue weighted by Crippen LogP contribution is -2.49. The zero-order valence-corrected chi connectivity index (χ0v) is 16.1. The number of anilines is 3. The monoisotopic (exact) mass is 386 g/mol. The van der Waals surface area contributed by atoms with Crippen LogP contribution in [0.1, 0.15) is 15.9 Å². The summed E-state index contributed by atoms with van der Waals surface area (Å²) >= 11 is 0. The van der Waals surface area contributed by atoms with Gasteiger partial charge in [0.1, 0.15) is 5.82 Å². The van der Waals surface area contributed by atoms with Gasteiger partial charge in [0.25, 0.3) is 5.91 Å². The Morgan fingerprint density at radius 2 is 1.62 bits per heavy atom. The van der Waals surface area contributed by atoms with Gasteiger partial charge in [-0.15, -0.1) is 0 Å². The van der Waals surface area contributed by atoms with Crippen LogP contribution in [0.5, 0.6) is 0 Å². The van der Waals surface area contributed by atoms with E-state index in [1.165, 1.54) is 11.3 Å². The molecule has 1 saturated heterocycles. The molecule has 7 heteroatoms. The Balaban J connectivity index is 1.30. The zero-order valence-electron chi connectivity index (χ0n) is 16.1. The molecule has 2 aliphatic rings. The number of carbonyl (C=O) groups is 1. The molecule has 0 saturated carbocycles. The predicted molar refractivity (Wildman–Crippen MR) is 112 cm³/mol. The van der Waals surface area contributed by atoms with Gasteiger partial charge in [-0.3, -0.25) is 4.79 Å². The van der Waals surface area contributed by atoms with Crippen LogP contribution in [0.4, 0.5) is 17.5 Å². The number of amides is 1. The Hall–Kier alpha value is -3.48. The van der Waals surface area contributed by atoms with Crippen molar-refractivity contribution in [3.8, 4) is 0 Å². The number of nitrogens with zero attached hydrogens (tertiary/aromatic N) is 6. The number of rotatable bonds is 3. The molecule has 1 fully saturated rings. The van der Waals surface area contributed by atoms with Crippen LogP contribution in [0.3, 0.4) is 0 Å². The second-order valence-corrected chi connectivity index (χ2v) is 7.26. The van der Waals surface area contributed by atoms with Crippen LogP contribution in [0, 0.1) is 0 Å². The molecule has 7 nitrogen and oxygen atoms in total. The van der Waals surface area contributed by atoms with Crippen LogP contribution >= 0.6 is 0 Å². The van der Waals surface area contributed by atoms with Crippen molar-refractivity contribution < 1.29 is 4.79 Å². The number of piperazine rings is 1. The lowest BCUT2D eigenvalue weighted by Gasteiger charge is -2.34. The van der Waals surface area contributed by atoms with Gasteiger partial charge in [0.15, 0.2) is 0 Å². The average molecular weight is 386 g/mol. The van der Waals surface area contributed by atoms with Gasteiger partial charge in [0, 0.05) is 62.6 Å². The molecular weight excluding hydrogens is 364 g/mol. The number of carbonyl (C=O) groups excluding carboxylic acids is 1. The summed E-state index contributed by atoms with van der Waals surface area (Å²) in [6.07, 6.45) is 6.22. The smallest absolute Gasteiger partial charge is 0.254 e. The Bertz CT molecular complexity index is 1020. The van der Waals surface area contributed by atoms with Gasteiger partial charge in [-0.25, -0.2) is 15.0 Å². The molecule has 0 N–H and O–H groups in total. The summed E-state index contributed by atoms with van der Waals surface area (Å²) in [5.74, 6) is 1.60. The summed E-state index contributed by atoms with van der Waals surface area (Å²) in [7, 11) is 0. The Morgan fingerprint density at radius 3 is 2.45 bits per heavy atom. The third-order valence-electron chi connectivity index (χ3n) is 5.56. The van der Waals surface area contributed by atoms with Crippen molar-refractivity contribution in [2.24, 2.45) is 0 Å². The van der Waals surface area contributed by atoms with Gasteiger partial charge in [0.2, 0.25) is 5.95 Å². The van der Waals surface area contributed by atoms with Crippen molar-refractivity contribution in [1.29, 1.82) is 0 Å². The molecule has 29 heavy (non-hydrogen) atoms. The predicted octanol–water partition coefficient (Wildman–Crippen LogP) is 2.53. The summed E-state index contributed by atoms with van der Waals surface area (Å²) in [4.78, 5) is 32.4. The topological polar surface area (TPSA) is 65.5 Å². The molecule has 2 aliphatic heterocycles. The number of fused-ring (bicyclic) bond motifs is 1. The average Bonchev–Trinajstić information content (AvgIpc) is 3.24. The SMILES string of the molecule is O=C(c1ccnc(N2CCc3ccccc32)c1)N1CCN(c2ncccn2)CC1. The number of para-hydroxylation sites is 1. The highest BCUT2D eigenvalue weighted by atomic mass is 16.2. The summed E-state index contributed by atoms with van der Waals surface area (Å²) in [6, 6.07) is 13.9. The minimum Gasteiger partial charge on any atom is -0.337 e. The highest BCUT2D eigenvalue weighted by Crippen LogP contribution is 2.33. The van der Waals surface area contributed by atoms with E-state index in [4.69, 9.17) is 0 Å². The Morgan fingerprint density at radius 1 is 0.828 bits per heavy atom. The fourth-order valence-corrected chi connectivity index (χ4v) is 4.02. The second-order valence-electron chi connectivity index (χ2n) is 7.26. The summed E-state index contributed by atoms with van der Waals surface area (Å²) < 4.78 is 0. The fraction of sp³-hybridized carbons (Fsp3) is 0.273. The van der Waals surface area contributed by atoms with E-state index in [9.17, 15) is 4.79 Å². The number of hydrogen-bond acceptors (Lipinski definition) is 6. The minimum atomic E-state index is 0.0507. The maximum absolute atomic E-state index is 13.1. The van der Waals surface area contributed by atoms with E-state index >= 15 is 0 Å². The van der Waals surface area contributed by atoms with Crippen LogP contribution in [-0.4, -0.2) is 58.5 Å². The first-order chi connectivity index (χ1) is 14.3. The van der Waals surface area contributed by atoms with Crippen LogP contribution < -0.4 is 9.80 Å². The van der Waals surface area contributed by atoms with E-state index in [-0.39, 0.29) is 5.91 Å². The third-order valence-corrected chi connectivity index (χ3v) is 5.56. The van der Waals surface area contributed by atoms with Crippen molar-refractivity contribution in [2.75, 3.05) is 42.5 Å². The number of pyridine rings is 1. The molecule has 146 valence electrons. The zero-order chi connectivity index (χ0) is 19.6. The van der Waals surface area contributed by atoms with Crippen LogP contribution in [0.25, 0.3) is 0 Å². The molecule has 0 atom stereocenters. The van der Waals surface area contributed by atoms with Crippen LogP contribution in [-0.2, 0) is 6.42 Å². The molecule has 1 aromatic carbocycles. The maximum atomic E-state index is 13.1. The normalized spacial score (nSPS) is 16.1. The van der Waals surface area contributed by atoms with E-state index in [0.29, 0.717) is 18.7 Å². The lowest BCUT2D eigenvalue weighted by molar-refractivity contribution is 0.0746. The van der Waals surface area contributed by atoms with Gasteiger partial charge >= 0.3 is 0 Å². The Labute approximate surface area is 169 Å². The van der Waals surface area contributed by atoms with Gasteiger partial charge in [-0.05, 0) is 36.2 Å². The van der Waals surface area contributed by atoms with E-state index in [0.717, 1.165) is 37.8 Å². The number of aromatic nitrogens is 3. The van der Waals surface area contributed by atoms with Crippen molar-refractivity contribution >= 4 is 23.4 Å². The molecule has 1 amide bonds. The minimum absolute atomic E-state index is 0.0507. The van der Waals surface area contributed by atoms with E-state index in [1.54, 1.807) is 24.7 Å². The second kappa shape index (κ2) is 7.50. The molecule has 0 bridgehead atoms. The molecular formula is C22H22N6O. The number of benzene rings is 1. The van der Waals surface area contributed by atoms with Crippen molar-refractivity contribution in [3.63, 3.8) is 0 Å². The van der Waals surface area contributed by atoms with Crippen molar-refractivity contribution in [2.45, 2.75) is 6.42 Å². The molecule has 0 spiro atoms. The summed E-state index contributed by atoms with van der Waals surface area (Å²) in [6.45, 7) is 3.66. The molecule has 0 unspecified atom stereocenters. The highest BCUT2D eigenvalue weighted by molar-refractivity contribution is 5.95. The first kappa shape index (κ1) is 17.6. The maximum Gasteiger partial charge on any atom is 0.254 e. The van der Waals surface area contributed by atoms with Gasteiger partial charge in [-0.2, -0.15) is 0 Å². The first-order valence-corrected chi connectivity index (χ1v) is 9.92. The van der Waals surface area contributed by atoms with Gasteiger partial charge in [-0.1, -0.05) is 18.2 Å². The quantitative estimate of drug-likeness (QED) is 0.689. The van der Waals surface area contributed by atoms with E-state index in [2.05, 4.69) is 43.0 Å². The molecule has 2 aromatic heterocycles. The van der Waals surface area contributed by atoms with Gasteiger partial charge < -0.3 is 14.7 Å². The van der Waals surface area contributed by atoms with Crippen molar-refractivity contribution in [3.05, 3.63) is 72.2 Å². The molecule has 0 aliphatic carbocycles. The summed E-state index contributed by atoms with van der Waals surface area (Å²) in [5, 5.41) is 0. The largest absolute Gasteiger partial charge is 0.337 e. The van der Waals surface area contributed by atoms with Crippen molar-refractivity contribution in [1.82, 2.24) is 19.9 Å². The molecule has 0 radical (unpaired) electrons. The molecule has 5 rings (SSSR count). The highest BCUT2D eigenvalue weighted by Gasteiger charge is 2.25. The first-order valence-electron chi connectivity index (χ1n) is 9.92. The fourth-order valence-electron chi connectivity index (χ4n) is 4.02. The number of hydrogen-bond donors (Lipinski definition) is 0. The Kier molecular flexibility index (Phi) is 4.56. The standard InChI is InChI=1S/C22H22N6O/c29-21(26-12-14-27(15-13-26)22-24-8-3-9-25-22)18-6-10-23-20(16-18)28-11-7-17-4-1-2-5-19(17)28/h1-6,8-10,16H,7,11-15H2. The van der Waals surface area contributed by atoms with E-state index in [1.807, 2.05) is 23.1 Å². The third kappa shape index (κ3) is 3.40. The molecule has 3 aromatic rings. The molecule has 4 heterocycles. The van der Waals surface area contributed by atoms with E-state index < -0.39 is 0 Å². The van der Waals surface area contributed by atoms with Crippen LogP contribution in [0.2, 0.25) is 0 Å². The summed E-state index contributed by atoms with van der Waals surface area (Å²) in [5.41, 5.74) is 3.19. The van der Waals surface area contributed by atoms with Gasteiger partial charge in [0.05, 0.1) is 0 Å².